The summed E-state index contributed by atoms with van der Waals surface area (Å²) in [5.74, 6) is -1.50. The third kappa shape index (κ3) is 2.79. The molecule has 0 aliphatic carbocycles. The summed E-state index contributed by atoms with van der Waals surface area (Å²) in [6.45, 7) is 0. The minimum atomic E-state index is -3.80. The molecule has 0 saturated carbocycles. The monoisotopic (exact) mass is 363 g/mol. The summed E-state index contributed by atoms with van der Waals surface area (Å²) in [7, 11) is -3.80. The van der Waals surface area contributed by atoms with Crippen LogP contribution >= 0.6 is 11.6 Å². The Morgan fingerprint density at radius 1 is 1.04 bits per heavy atom. The summed E-state index contributed by atoms with van der Waals surface area (Å²) in [6.07, 6.45) is 0.975. The van der Waals surface area contributed by atoms with Crippen LogP contribution in [0.4, 0.5) is 5.69 Å². The molecule has 1 amide bonds. The zero-order valence-electron chi connectivity index (χ0n) is 12.7. The van der Waals surface area contributed by atoms with Crippen molar-refractivity contribution in [3.8, 4) is 0 Å². The number of halogens is 1. The van der Waals surface area contributed by atoms with E-state index in [1.807, 2.05) is 0 Å². The number of nitrogens with zero attached hydrogens (tertiary/aromatic N) is 1. The van der Waals surface area contributed by atoms with Gasteiger partial charge in [-0.05, 0) is 29.8 Å². The van der Waals surface area contributed by atoms with Crippen molar-refractivity contribution in [2.75, 3.05) is 11.2 Å². The normalized spacial score (nSPS) is 18.3. The highest BCUT2D eigenvalue weighted by Crippen LogP contribution is 2.42. The van der Waals surface area contributed by atoms with Crippen LogP contribution < -0.4 is 4.90 Å². The van der Waals surface area contributed by atoms with Gasteiger partial charge in [0.2, 0.25) is 0 Å². The Hall–Kier alpha value is -2.31. The van der Waals surface area contributed by atoms with Gasteiger partial charge in [0, 0.05) is 17.0 Å². The number of hydrogen-bond donors (Lipinski definition) is 1. The Balaban J connectivity index is 2.23. The Kier molecular flexibility index (Phi) is 4.11. The molecule has 1 atom stereocenters. The largest absolute Gasteiger partial charge is 0.502 e. The second kappa shape index (κ2) is 5.96. The molecule has 0 aromatic heterocycles. The van der Waals surface area contributed by atoms with Crippen LogP contribution in [0.3, 0.4) is 0 Å². The Labute approximate surface area is 144 Å². The van der Waals surface area contributed by atoms with E-state index in [2.05, 4.69) is 0 Å². The van der Waals surface area contributed by atoms with Gasteiger partial charge in [-0.25, -0.2) is 8.42 Å². The average molecular weight is 364 g/mol. The highest BCUT2D eigenvalue weighted by atomic mass is 35.5. The lowest BCUT2D eigenvalue weighted by Gasteiger charge is -2.26. The van der Waals surface area contributed by atoms with Crippen molar-refractivity contribution in [1.82, 2.24) is 0 Å². The van der Waals surface area contributed by atoms with Crippen molar-refractivity contribution < 1.29 is 18.3 Å². The quantitative estimate of drug-likeness (QED) is 0.908. The van der Waals surface area contributed by atoms with E-state index in [1.165, 1.54) is 4.90 Å². The van der Waals surface area contributed by atoms with E-state index >= 15 is 0 Å². The first kappa shape index (κ1) is 16.5. The summed E-state index contributed by atoms with van der Waals surface area (Å²) in [6, 6.07) is 14.2. The van der Waals surface area contributed by atoms with Gasteiger partial charge in [0.15, 0.2) is 15.6 Å². The molecule has 1 aliphatic rings. The lowest BCUT2D eigenvalue weighted by molar-refractivity contribution is -0.117. The standard InChI is InChI=1S/C17H14ClNO4S/c1-24(22,23)16-14(11-7-9-12(18)10-8-11)19(17(21)15(16)20)13-5-3-2-4-6-13/h2-10,14,20H,1H3/t14-/m0/s1. The highest BCUT2D eigenvalue weighted by molar-refractivity contribution is 7.94. The van der Waals surface area contributed by atoms with Gasteiger partial charge in [-0.2, -0.15) is 0 Å². The SMILES string of the molecule is CS(=O)(=O)C1=C(O)C(=O)N(c2ccccc2)[C@H]1c1ccc(Cl)cc1. The molecule has 3 rings (SSSR count). The smallest absolute Gasteiger partial charge is 0.295 e. The van der Waals surface area contributed by atoms with Crippen LogP contribution in [0, 0.1) is 0 Å². The number of para-hydroxylation sites is 1. The molecule has 5 nitrogen and oxygen atoms in total. The maximum absolute atomic E-state index is 12.5. The molecule has 1 aliphatic heterocycles. The molecular formula is C17H14ClNO4S. The Morgan fingerprint density at radius 2 is 1.62 bits per heavy atom. The van der Waals surface area contributed by atoms with Gasteiger partial charge in [0.25, 0.3) is 5.91 Å². The fraction of sp³-hybridized carbons (Fsp3) is 0.118. The van der Waals surface area contributed by atoms with E-state index in [-0.39, 0.29) is 4.91 Å². The van der Waals surface area contributed by atoms with E-state index < -0.39 is 27.5 Å². The maximum atomic E-state index is 12.5. The summed E-state index contributed by atoms with van der Waals surface area (Å²) < 4.78 is 24.4. The first-order valence-electron chi connectivity index (χ1n) is 7.08. The van der Waals surface area contributed by atoms with Gasteiger partial charge < -0.3 is 5.11 Å². The minimum absolute atomic E-state index is 0.307. The molecule has 0 saturated heterocycles. The second-order valence-electron chi connectivity index (χ2n) is 5.45. The molecule has 0 unspecified atom stereocenters. The third-order valence-corrected chi connectivity index (χ3v) is 5.25. The minimum Gasteiger partial charge on any atom is -0.502 e. The van der Waals surface area contributed by atoms with Crippen LogP contribution in [0.5, 0.6) is 0 Å². The van der Waals surface area contributed by atoms with Crippen LogP contribution in [0.25, 0.3) is 0 Å². The van der Waals surface area contributed by atoms with E-state index in [0.717, 1.165) is 6.26 Å². The van der Waals surface area contributed by atoms with Gasteiger partial charge in [-0.15, -0.1) is 0 Å². The first-order valence-corrected chi connectivity index (χ1v) is 9.35. The maximum Gasteiger partial charge on any atom is 0.295 e. The third-order valence-electron chi connectivity index (χ3n) is 3.78. The van der Waals surface area contributed by atoms with Crippen molar-refractivity contribution >= 4 is 33.0 Å². The topological polar surface area (TPSA) is 74.7 Å². The number of carbonyl (C=O) groups is 1. The molecule has 0 bridgehead atoms. The molecule has 0 radical (unpaired) electrons. The van der Waals surface area contributed by atoms with Crippen molar-refractivity contribution in [1.29, 1.82) is 0 Å². The number of aliphatic hydroxyl groups is 1. The molecule has 7 heteroatoms. The zero-order chi connectivity index (χ0) is 17.5. The molecule has 0 spiro atoms. The van der Waals surface area contributed by atoms with E-state index in [4.69, 9.17) is 11.6 Å². The average Bonchev–Trinajstić information content (AvgIpc) is 2.81. The number of amides is 1. The van der Waals surface area contributed by atoms with Crippen LogP contribution in [0.1, 0.15) is 11.6 Å². The van der Waals surface area contributed by atoms with Crippen LogP contribution in [0.15, 0.2) is 65.3 Å². The molecule has 124 valence electrons. The van der Waals surface area contributed by atoms with Crippen molar-refractivity contribution in [2.45, 2.75) is 6.04 Å². The molecular weight excluding hydrogens is 350 g/mol. The van der Waals surface area contributed by atoms with Crippen molar-refractivity contribution in [2.24, 2.45) is 0 Å². The number of aliphatic hydroxyl groups excluding tert-OH is 1. The lowest BCUT2D eigenvalue weighted by atomic mass is 10.1. The van der Waals surface area contributed by atoms with Crippen LogP contribution in [0.2, 0.25) is 5.02 Å². The Morgan fingerprint density at radius 3 is 2.17 bits per heavy atom. The number of rotatable bonds is 3. The number of carbonyl (C=O) groups excluding carboxylic acids is 1. The van der Waals surface area contributed by atoms with E-state index in [9.17, 15) is 18.3 Å². The lowest BCUT2D eigenvalue weighted by Crippen LogP contribution is -2.30. The molecule has 2 aromatic rings. The number of hydrogen-bond acceptors (Lipinski definition) is 4. The molecule has 1 N–H and O–H groups in total. The molecule has 0 fully saturated rings. The van der Waals surface area contributed by atoms with E-state index in [1.54, 1.807) is 54.6 Å². The van der Waals surface area contributed by atoms with Gasteiger partial charge in [0.1, 0.15) is 10.9 Å². The summed E-state index contributed by atoms with van der Waals surface area (Å²) >= 11 is 5.90. The fourth-order valence-electron chi connectivity index (χ4n) is 2.76. The zero-order valence-corrected chi connectivity index (χ0v) is 14.3. The molecule has 1 heterocycles. The first-order chi connectivity index (χ1) is 11.3. The van der Waals surface area contributed by atoms with Crippen LogP contribution in [-0.2, 0) is 14.6 Å². The van der Waals surface area contributed by atoms with Gasteiger partial charge >= 0.3 is 0 Å². The Bertz CT molecular complexity index is 921. The number of sulfone groups is 1. The number of benzene rings is 2. The highest BCUT2D eigenvalue weighted by Gasteiger charge is 2.45. The predicted octanol–water partition coefficient (Wildman–Crippen LogP) is 3.24. The summed E-state index contributed by atoms with van der Waals surface area (Å²) in [5.41, 5.74) is 1.04. The van der Waals surface area contributed by atoms with Gasteiger partial charge in [-0.1, -0.05) is 41.9 Å². The van der Waals surface area contributed by atoms with Crippen molar-refractivity contribution in [3.63, 3.8) is 0 Å². The van der Waals surface area contributed by atoms with Gasteiger partial charge in [-0.3, -0.25) is 9.69 Å². The second-order valence-corrected chi connectivity index (χ2v) is 7.87. The summed E-state index contributed by atoms with van der Waals surface area (Å²) in [5, 5.41) is 10.7. The molecule has 24 heavy (non-hydrogen) atoms. The fourth-order valence-corrected chi connectivity index (χ4v) is 3.97. The predicted molar refractivity (Wildman–Crippen MR) is 92.6 cm³/mol. The summed E-state index contributed by atoms with van der Waals surface area (Å²) in [4.78, 5) is 13.5. The van der Waals surface area contributed by atoms with Gasteiger partial charge in [0.05, 0.1) is 0 Å². The van der Waals surface area contributed by atoms with Crippen LogP contribution in [-0.4, -0.2) is 25.7 Å². The van der Waals surface area contributed by atoms with E-state index in [0.29, 0.717) is 16.3 Å². The number of anilines is 1. The molecule has 2 aromatic carbocycles. The van der Waals surface area contributed by atoms with Crippen molar-refractivity contribution in [3.05, 3.63) is 75.8 Å².